The van der Waals surface area contributed by atoms with Gasteiger partial charge in [-0.2, -0.15) is 4.31 Å². The second-order valence-corrected chi connectivity index (χ2v) is 10.00. The van der Waals surface area contributed by atoms with E-state index < -0.39 is 15.8 Å². The molecule has 0 N–H and O–H groups in total. The van der Waals surface area contributed by atoms with E-state index in [-0.39, 0.29) is 23.9 Å². The van der Waals surface area contributed by atoms with E-state index in [0.29, 0.717) is 19.6 Å². The van der Waals surface area contributed by atoms with Gasteiger partial charge >= 0.3 is 0 Å². The molecule has 32 heavy (non-hydrogen) atoms. The summed E-state index contributed by atoms with van der Waals surface area (Å²) in [6.07, 6.45) is 1.80. The molecule has 2 aliphatic rings. The van der Waals surface area contributed by atoms with Crippen molar-refractivity contribution < 1.29 is 17.6 Å². The van der Waals surface area contributed by atoms with Gasteiger partial charge in [0.25, 0.3) is 0 Å². The van der Waals surface area contributed by atoms with Gasteiger partial charge in [0.2, 0.25) is 15.9 Å². The lowest BCUT2D eigenvalue weighted by Gasteiger charge is -2.37. The highest BCUT2D eigenvalue weighted by molar-refractivity contribution is 7.89. The number of halogens is 1. The molecular weight excluding hydrogens is 433 g/mol. The number of hydrogen-bond donors (Lipinski definition) is 0. The van der Waals surface area contributed by atoms with Crippen LogP contribution in [0.1, 0.15) is 5.69 Å². The summed E-state index contributed by atoms with van der Waals surface area (Å²) < 4.78 is 40.7. The van der Waals surface area contributed by atoms with Crippen molar-refractivity contribution in [3.8, 4) is 0 Å². The third-order valence-corrected chi connectivity index (χ3v) is 7.91. The zero-order valence-corrected chi connectivity index (χ0v) is 18.8. The van der Waals surface area contributed by atoms with Crippen LogP contribution in [0.5, 0.6) is 0 Å². The van der Waals surface area contributed by atoms with Crippen LogP contribution in [0.25, 0.3) is 0 Å². The van der Waals surface area contributed by atoms with Crippen molar-refractivity contribution in [2.45, 2.75) is 11.4 Å². The van der Waals surface area contributed by atoms with Crippen molar-refractivity contribution in [2.75, 3.05) is 58.9 Å². The number of hydrogen-bond acceptors (Lipinski definition) is 6. The molecule has 2 aromatic rings. The molecular formula is C22H28FN5O3S. The number of carbonyl (C=O) groups excluding carboxylic acids is 1. The molecule has 4 rings (SSSR count). The van der Waals surface area contributed by atoms with Gasteiger partial charge in [0.1, 0.15) is 10.7 Å². The van der Waals surface area contributed by atoms with E-state index in [2.05, 4.69) is 14.8 Å². The second-order valence-electron chi connectivity index (χ2n) is 8.09. The SMILES string of the molecule is O=C(CN1CCN(Cc2ccccn2)CC1)N1CCN(S(=O)(=O)c2ccccc2F)CC1. The number of nitrogens with zero attached hydrogens (tertiary/aromatic N) is 5. The van der Waals surface area contributed by atoms with Crippen molar-refractivity contribution in [3.05, 3.63) is 60.2 Å². The normalized spacial score (nSPS) is 19.2. The highest BCUT2D eigenvalue weighted by atomic mass is 32.2. The fourth-order valence-electron chi connectivity index (χ4n) is 4.09. The van der Waals surface area contributed by atoms with Crippen LogP contribution in [0, 0.1) is 5.82 Å². The molecule has 3 heterocycles. The molecule has 0 unspecified atom stereocenters. The fourth-order valence-corrected chi connectivity index (χ4v) is 5.58. The average molecular weight is 462 g/mol. The third-order valence-electron chi connectivity index (χ3n) is 5.98. The van der Waals surface area contributed by atoms with Crippen LogP contribution in [-0.4, -0.2) is 97.2 Å². The molecule has 0 aliphatic carbocycles. The minimum Gasteiger partial charge on any atom is -0.339 e. The summed E-state index contributed by atoms with van der Waals surface area (Å²) >= 11 is 0. The lowest BCUT2D eigenvalue weighted by molar-refractivity contribution is -0.134. The van der Waals surface area contributed by atoms with Crippen LogP contribution in [0.4, 0.5) is 4.39 Å². The maximum absolute atomic E-state index is 14.0. The molecule has 2 saturated heterocycles. The smallest absolute Gasteiger partial charge is 0.246 e. The molecule has 0 radical (unpaired) electrons. The van der Waals surface area contributed by atoms with E-state index in [1.165, 1.54) is 22.5 Å². The molecule has 2 fully saturated rings. The topological polar surface area (TPSA) is 77.1 Å². The van der Waals surface area contributed by atoms with E-state index in [1.807, 2.05) is 18.2 Å². The summed E-state index contributed by atoms with van der Waals surface area (Å²) in [5.41, 5.74) is 1.04. The lowest BCUT2D eigenvalue weighted by atomic mass is 10.2. The average Bonchev–Trinajstić information content (AvgIpc) is 2.81. The highest BCUT2D eigenvalue weighted by Gasteiger charge is 2.32. The number of amides is 1. The minimum atomic E-state index is -3.90. The number of benzene rings is 1. The first-order valence-electron chi connectivity index (χ1n) is 10.8. The van der Waals surface area contributed by atoms with Gasteiger partial charge in [-0.25, -0.2) is 12.8 Å². The van der Waals surface area contributed by atoms with E-state index in [0.717, 1.165) is 44.5 Å². The van der Waals surface area contributed by atoms with E-state index in [9.17, 15) is 17.6 Å². The Morgan fingerprint density at radius 1 is 0.875 bits per heavy atom. The van der Waals surface area contributed by atoms with Crippen LogP contribution < -0.4 is 0 Å². The summed E-state index contributed by atoms with van der Waals surface area (Å²) in [5, 5.41) is 0. The summed E-state index contributed by atoms with van der Waals surface area (Å²) in [7, 11) is -3.90. The van der Waals surface area contributed by atoms with Gasteiger partial charge in [-0.15, -0.1) is 0 Å². The molecule has 0 bridgehead atoms. The number of rotatable bonds is 6. The molecule has 1 amide bonds. The van der Waals surface area contributed by atoms with Gasteiger partial charge in [-0.3, -0.25) is 19.6 Å². The number of carbonyl (C=O) groups is 1. The Morgan fingerprint density at radius 3 is 2.19 bits per heavy atom. The van der Waals surface area contributed by atoms with Crippen molar-refractivity contribution in [1.82, 2.24) is 24.0 Å². The molecule has 0 atom stereocenters. The van der Waals surface area contributed by atoms with E-state index in [4.69, 9.17) is 0 Å². The number of pyridine rings is 1. The zero-order chi connectivity index (χ0) is 22.6. The lowest BCUT2D eigenvalue weighted by Crippen LogP contribution is -2.54. The predicted octanol–water partition coefficient (Wildman–Crippen LogP) is 0.871. The Morgan fingerprint density at radius 2 is 1.53 bits per heavy atom. The Bertz CT molecular complexity index is 1020. The van der Waals surface area contributed by atoms with Crippen LogP contribution in [0.2, 0.25) is 0 Å². The van der Waals surface area contributed by atoms with Gasteiger partial charge in [0.15, 0.2) is 0 Å². The molecule has 1 aromatic carbocycles. The first-order chi connectivity index (χ1) is 15.4. The van der Waals surface area contributed by atoms with Crippen molar-refractivity contribution in [2.24, 2.45) is 0 Å². The van der Waals surface area contributed by atoms with Gasteiger partial charge in [-0.1, -0.05) is 18.2 Å². The quantitative estimate of drug-likeness (QED) is 0.636. The fraction of sp³-hybridized carbons (Fsp3) is 0.455. The maximum Gasteiger partial charge on any atom is 0.246 e. The molecule has 1 aromatic heterocycles. The maximum atomic E-state index is 14.0. The minimum absolute atomic E-state index is 0.00566. The summed E-state index contributed by atoms with van der Waals surface area (Å²) in [5.74, 6) is -0.751. The van der Waals surface area contributed by atoms with Crippen molar-refractivity contribution in [3.63, 3.8) is 0 Å². The Kier molecular flexibility index (Phi) is 7.14. The molecule has 10 heteroatoms. The van der Waals surface area contributed by atoms with Crippen LogP contribution in [0.15, 0.2) is 53.6 Å². The third kappa shape index (κ3) is 5.32. The van der Waals surface area contributed by atoms with E-state index in [1.54, 1.807) is 11.1 Å². The first-order valence-corrected chi connectivity index (χ1v) is 12.2. The van der Waals surface area contributed by atoms with Crippen LogP contribution >= 0.6 is 0 Å². The van der Waals surface area contributed by atoms with Crippen LogP contribution in [0.3, 0.4) is 0 Å². The Labute approximate surface area is 188 Å². The largest absolute Gasteiger partial charge is 0.339 e. The highest BCUT2D eigenvalue weighted by Crippen LogP contribution is 2.20. The molecule has 2 aliphatic heterocycles. The Hall–Kier alpha value is -2.40. The van der Waals surface area contributed by atoms with Gasteiger partial charge in [0.05, 0.1) is 12.2 Å². The molecule has 0 saturated carbocycles. The molecule has 0 spiro atoms. The zero-order valence-electron chi connectivity index (χ0n) is 17.9. The summed E-state index contributed by atoms with van der Waals surface area (Å²) in [4.78, 5) is 23.0. The van der Waals surface area contributed by atoms with E-state index >= 15 is 0 Å². The summed E-state index contributed by atoms with van der Waals surface area (Å²) in [6, 6.07) is 11.3. The predicted molar refractivity (Wildman–Crippen MR) is 118 cm³/mol. The monoisotopic (exact) mass is 461 g/mol. The van der Waals surface area contributed by atoms with Gasteiger partial charge in [-0.05, 0) is 24.3 Å². The number of piperazine rings is 2. The van der Waals surface area contributed by atoms with Crippen molar-refractivity contribution in [1.29, 1.82) is 0 Å². The molecule has 172 valence electrons. The summed E-state index contributed by atoms with van der Waals surface area (Å²) in [6.45, 7) is 5.45. The second kappa shape index (κ2) is 10.0. The first kappa shape index (κ1) is 22.8. The Balaban J connectivity index is 1.23. The number of sulfonamides is 1. The van der Waals surface area contributed by atoms with Gasteiger partial charge in [0, 0.05) is 65.1 Å². The standard InChI is InChI=1S/C22H28FN5O3S/c23-20-6-1-2-7-21(20)32(30,31)28-15-13-27(14-16-28)22(29)18-26-11-9-25(10-12-26)17-19-5-3-4-8-24-19/h1-8H,9-18H2. The van der Waals surface area contributed by atoms with Crippen LogP contribution in [-0.2, 0) is 21.4 Å². The van der Waals surface area contributed by atoms with Gasteiger partial charge < -0.3 is 4.90 Å². The molecule has 8 nitrogen and oxygen atoms in total. The number of aromatic nitrogens is 1. The van der Waals surface area contributed by atoms with Crippen molar-refractivity contribution >= 4 is 15.9 Å².